The van der Waals surface area contributed by atoms with Crippen LogP contribution >= 0.6 is 0 Å². The molecule has 0 saturated heterocycles. The van der Waals surface area contributed by atoms with Crippen molar-refractivity contribution in [3.05, 3.63) is 29.1 Å². The van der Waals surface area contributed by atoms with Crippen molar-refractivity contribution in [1.82, 2.24) is 4.98 Å². The molecule has 1 heterocycles. The van der Waals surface area contributed by atoms with Crippen LogP contribution in [0.2, 0.25) is 0 Å². The predicted molar refractivity (Wildman–Crippen MR) is 41.2 cm³/mol. The summed E-state index contributed by atoms with van der Waals surface area (Å²) in [5.41, 5.74) is -3.74. The van der Waals surface area contributed by atoms with Gasteiger partial charge < -0.3 is 5.11 Å². The first-order chi connectivity index (χ1) is 7.21. The minimum atomic E-state index is -4.96. The molecule has 0 unspecified atom stereocenters. The van der Waals surface area contributed by atoms with Crippen LogP contribution in [0.1, 0.15) is 28.2 Å². The van der Waals surface area contributed by atoms with E-state index in [1.807, 2.05) is 0 Å². The van der Waals surface area contributed by atoms with Crippen molar-refractivity contribution in [2.24, 2.45) is 0 Å². The Morgan fingerprint density at radius 1 is 1.31 bits per heavy atom. The molecule has 0 spiro atoms. The number of pyridine rings is 1. The summed E-state index contributed by atoms with van der Waals surface area (Å²) in [5.74, 6) is -1.80. The minimum Gasteiger partial charge on any atom is -0.477 e. The molecule has 1 aromatic heterocycles. The Bertz CT molecular complexity index is 415. The first kappa shape index (κ1) is 12.3. The number of nitrogens with zero attached hydrogens (tertiary/aromatic N) is 1. The van der Waals surface area contributed by atoms with Gasteiger partial charge >= 0.3 is 12.1 Å². The number of halogens is 5. The van der Waals surface area contributed by atoms with Crippen LogP contribution < -0.4 is 0 Å². The average molecular weight is 241 g/mol. The summed E-state index contributed by atoms with van der Waals surface area (Å²) in [7, 11) is 0. The molecule has 0 radical (unpaired) electrons. The zero-order chi connectivity index (χ0) is 12.5. The molecule has 0 fully saturated rings. The molecule has 0 saturated carbocycles. The smallest absolute Gasteiger partial charge is 0.433 e. The molecule has 1 rings (SSSR count). The van der Waals surface area contributed by atoms with E-state index in [4.69, 9.17) is 5.11 Å². The molecule has 0 atom stereocenters. The summed E-state index contributed by atoms with van der Waals surface area (Å²) >= 11 is 0. The highest BCUT2D eigenvalue weighted by atomic mass is 19.4. The number of carbonyl (C=O) groups is 1. The van der Waals surface area contributed by atoms with Gasteiger partial charge in [-0.05, 0) is 12.1 Å². The van der Waals surface area contributed by atoms with E-state index in [2.05, 4.69) is 4.98 Å². The second kappa shape index (κ2) is 4.03. The molecular weight excluding hydrogens is 237 g/mol. The summed E-state index contributed by atoms with van der Waals surface area (Å²) in [6.07, 6.45) is -8.16. The summed E-state index contributed by atoms with van der Waals surface area (Å²) in [6, 6.07) is 0.527. The molecule has 0 aliphatic rings. The molecule has 0 aliphatic heterocycles. The lowest BCUT2D eigenvalue weighted by Gasteiger charge is -2.08. The third-order valence-corrected chi connectivity index (χ3v) is 1.61. The van der Waals surface area contributed by atoms with Gasteiger partial charge in [-0.15, -0.1) is 0 Å². The fourth-order valence-electron chi connectivity index (χ4n) is 0.932. The molecule has 0 amide bonds. The van der Waals surface area contributed by atoms with Crippen molar-refractivity contribution in [2.45, 2.75) is 12.6 Å². The highest BCUT2D eigenvalue weighted by molar-refractivity contribution is 5.85. The molecule has 0 bridgehead atoms. The van der Waals surface area contributed by atoms with Gasteiger partial charge in [0.2, 0.25) is 0 Å². The molecule has 16 heavy (non-hydrogen) atoms. The molecule has 8 heteroatoms. The average Bonchev–Trinajstić information content (AvgIpc) is 2.15. The zero-order valence-corrected chi connectivity index (χ0v) is 7.42. The zero-order valence-electron chi connectivity index (χ0n) is 7.42. The van der Waals surface area contributed by atoms with Gasteiger partial charge in [-0.2, -0.15) is 13.2 Å². The van der Waals surface area contributed by atoms with Gasteiger partial charge in [-0.3, -0.25) is 0 Å². The van der Waals surface area contributed by atoms with Gasteiger partial charge in [-0.25, -0.2) is 18.6 Å². The predicted octanol–water partition coefficient (Wildman–Crippen LogP) is 2.74. The summed E-state index contributed by atoms with van der Waals surface area (Å²) in [4.78, 5) is 13.1. The molecule has 88 valence electrons. The van der Waals surface area contributed by atoms with E-state index in [1.54, 1.807) is 0 Å². The number of rotatable bonds is 2. The first-order valence-electron chi connectivity index (χ1n) is 3.82. The summed E-state index contributed by atoms with van der Waals surface area (Å²) in [6.45, 7) is 0. The first-order valence-corrected chi connectivity index (χ1v) is 3.82. The van der Waals surface area contributed by atoms with Gasteiger partial charge in [0, 0.05) is 5.56 Å². The van der Waals surface area contributed by atoms with Gasteiger partial charge in [-0.1, -0.05) is 0 Å². The maximum Gasteiger partial charge on any atom is 0.433 e. The van der Waals surface area contributed by atoms with Crippen molar-refractivity contribution in [3.8, 4) is 0 Å². The van der Waals surface area contributed by atoms with Gasteiger partial charge in [0.15, 0.2) is 0 Å². The molecule has 0 aliphatic carbocycles. The third-order valence-electron chi connectivity index (χ3n) is 1.61. The molecule has 1 N–H and O–H groups in total. The number of carboxylic acid groups (broad SMARTS) is 1. The van der Waals surface area contributed by atoms with Crippen LogP contribution in [-0.4, -0.2) is 16.1 Å². The van der Waals surface area contributed by atoms with Crippen LogP contribution in [0, 0.1) is 0 Å². The number of aromatic nitrogens is 1. The standard InChI is InChI=1S/C8H4F5NO2/c9-6(10)3-1-4(7(15)16)14-5(2-3)8(11,12)13/h1-2,6H,(H,15,16). The van der Waals surface area contributed by atoms with E-state index in [1.165, 1.54) is 0 Å². The van der Waals surface area contributed by atoms with Gasteiger partial charge in [0.25, 0.3) is 6.43 Å². The van der Waals surface area contributed by atoms with E-state index in [9.17, 15) is 26.7 Å². The quantitative estimate of drug-likeness (QED) is 0.810. The Kier molecular flexibility index (Phi) is 3.11. The number of carboxylic acids is 1. The Morgan fingerprint density at radius 3 is 2.25 bits per heavy atom. The third kappa shape index (κ3) is 2.65. The van der Waals surface area contributed by atoms with Crippen molar-refractivity contribution < 1.29 is 31.9 Å². The second-order valence-corrected chi connectivity index (χ2v) is 2.77. The minimum absolute atomic E-state index is 0.122. The van der Waals surface area contributed by atoms with E-state index in [-0.39, 0.29) is 6.07 Å². The largest absolute Gasteiger partial charge is 0.477 e. The van der Waals surface area contributed by atoms with Crippen LogP contribution in [-0.2, 0) is 6.18 Å². The maximum absolute atomic E-state index is 12.2. The van der Waals surface area contributed by atoms with E-state index in [0.29, 0.717) is 6.07 Å². The lowest BCUT2D eigenvalue weighted by molar-refractivity contribution is -0.141. The normalized spacial score (nSPS) is 11.9. The van der Waals surface area contributed by atoms with Crippen LogP contribution in [0.3, 0.4) is 0 Å². The summed E-state index contributed by atoms with van der Waals surface area (Å²) in [5, 5.41) is 8.41. The fraction of sp³-hybridized carbons (Fsp3) is 0.250. The maximum atomic E-state index is 12.2. The van der Waals surface area contributed by atoms with E-state index >= 15 is 0 Å². The van der Waals surface area contributed by atoms with Gasteiger partial charge in [0.05, 0.1) is 0 Å². The highest BCUT2D eigenvalue weighted by Gasteiger charge is 2.34. The number of hydrogen-bond acceptors (Lipinski definition) is 2. The number of hydrogen-bond donors (Lipinski definition) is 1. The van der Waals surface area contributed by atoms with Crippen molar-refractivity contribution >= 4 is 5.97 Å². The van der Waals surface area contributed by atoms with Crippen LogP contribution in [0.4, 0.5) is 22.0 Å². The Morgan fingerprint density at radius 2 is 1.88 bits per heavy atom. The summed E-state index contributed by atoms with van der Waals surface area (Å²) < 4.78 is 60.9. The Labute approximate surface area is 85.5 Å². The molecular formula is C8H4F5NO2. The SMILES string of the molecule is O=C(O)c1cc(C(F)F)cc(C(F)(F)F)n1. The molecule has 0 aromatic carbocycles. The van der Waals surface area contributed by atoms with E-state index < -0.39 is 35.5 Å². The number of alkyl halides is 5. The highest BCUT2D eigenvalue weighted by Crippen LogP contribution is 2.30. The van der Waals surface area contributed by atoms with Crippen molar-refractivity contribution in [3.63, 3.8) is 0 Å². The topological polar surface area (TPSA) is 50.2 Å². The Hall–Kier alpha value is -1.73. The van der Waals surface area contributed by atoms with Crippen LogP contribution in [0.5, 0.6) is 0 Å². The van der Waals surface area contributed by atoms with Gasteiger partial charge in [0.1, 0.15) is 11.4 Å². The number of aromatic carboxylic acids is 1. The molecule has 1 aromatic rings. The fourth-order valence-corrected chi connectivity index (χ4v) is 0.932. The lowest BCUT2D eigenvalue weighted by Crippen LogP contribution is -2.13. The Balaban J connectivity index is 3.36. The van der Waals surface area contributed by atoms with Crippen LogP contribution in [0.25, 0.3) is 0 Å². The van der Waals surface area contributed by atoms with Crippen molar-refractivity contribution in [1.29, 1.82) is 0 Å². The lowest BCUT2D eigenvalue weighted by atomic mass is 10.2. The monoisotopic (exact) mass is 241 g/mol. The molecule has 3 nitrogen and oxygen atoms in total. The van der Waals surface area contributed by atoms with E-state index in [0.717, 1.165) is 0 Å². The second-order valence-electron chi connectivity index (χ2n) is 2.77. The van der Waals surface area contributed by atoms with Crippen molar-refractivity contribution in [2.75, 3.05) is 0 Å². The van der Waals surface area contributed by atoms with Crippen LogP contribution in [0.15, 0.2) is 12.1 Å².